The Morgan fingerprint density at radius 3 is 2.79 bits per heavy atom. The summed E-state index contributed by atoms with van der Waals surface area (Å²) in [6, 6.07) is 3.73. The number of esters is 1. The average Bonchev–Trinajstić information content (AvgIpc) is 3.33. The molecule has 0 unspecified atom stereocenters. The maximum Gasteiger partial charge on any atom is 0.311 e. The smallest absolute Gasteiger partial charge is 0.311 e. The maximum atomic E-state index is 12.2. The van der Waals surface area contributed by atoms with Crippen molar-refractivity contribution in [2.75, 3.05) is 18.2 Å². The normalized spacial score (nSPS) is 10.6. The molecule has 3 rings (SSSR count). The van der Waals surface area contributed by atoms with Crippen molar-refractivity contribution in [1.82, 2.24) is 24.7 Å². The van der Waals surface area contributed by atoms with E-state index in [0.717, 1.165) is 11.4 Å². The number of hydrogen-bond acceptors (Lipinski definition) is 9. The van der Waals surface area contributed by atoms with Gasteiger partial charge >= 0.3 is 5.97 Å². The first-order valence-electron chi connectivity index (χ1n) is 8.38. The van der Waals surface area contributed by atoms with Crippen molar-refractivity contribution in [3.63, 3.8) is 0 Å². The van der Waals surface area contributed by atoms with Crippen LogP contribution in [0.15, 0.2) is 35.1 Å². The molecule has 0 fully saturated rings. The molecule has 9 nitrogen and oxygen atoms in total. The van der Waals surface area contributed by atoms with Gasteiger partial charge in [-0.05, 0) is 19.1 Å². The van der Waals surface area contributed by atoms with Crippen molar-refractivity contribution in [3.8, 4) is 11.4 Å². The van der Waals surface area contributed by atoms with Gasteiger partial charge in [0.15, 0.2) is 16.1 Å². The van der Waals surface area contributed by atoms with Gasteiger partial charge in [0.25, 0.3) is 0 Å². The first-order valence-corrected chi connectivity index (χ1v) is 10.2. The molecule has 28 heavy (non-hydrogen) atoms. The van der Waals surface area contributed by atoms with Gasteiger partial charge in [-0.3, -0.25) is 14.6 Å². The molecule has 11 heteroatoms. The molecule has 0 saturated carbocycles. The van der Waals surface area contributed by atoms with Crippen LogP contribution in [-0.4, -0.2) is 49.5 Å². The Balaban J connectivity index is 1.59. The van der Waals surface area contributed by atoms with Crippen LogP contribution in [0.2, 0.25) is 0 Å². The molecule has 0 aromatic carbocycles. The first-order chi connectivity index (χ1) is 13.6. The number of nitrogens with one attached hydrogen (secondary N) is 1. The second-order valence-electron chi connectivity index (χ2n) is 5.52. The van der Waals surface area contributed by atoms with Crippen LogP contribution < -0.4 is 5.32 Å². The Kier molecular flexibility index (Phi) is 6.71. The van der Waals surface area contributed by atoms with Crippen LogP contribution in [0.5, 0.6) is 0 Å². The minimum atomic E-state index is -0.373. The standard InChI is InChI=1S/C17H18N6O3S2/c1-3-23-15(11-4-6-18-7-5-11)21-22-17(23)28-10-13(24)20-16-19-12(9-27-16)8-14(25)26-2/h4-7,9H,3,8,10H2,1-2H3,(H,19,20,24). The van der Waals surface area contributed by atoms with Gasteiger partial charge in [0, 0.05) is 29.9 Å². The first kappa shape index (κ1) is 20.0. The second-order valence-corrected chi connectivity index (χ2v) is 7.32. The highest BCUT2D eigenvalue weighted by atomic mass is 32.2. The van der Waals surface area contributed by atoms with Gasteiger partial charge in [-0.2, -0.15) is 0 Å². The van der Waals surface area contributed by atoms with E-state index in [-0.39, 0.29) is 24.1 Å². The number of rotatable bonds is 8. The quantitative estimate of drug-likeness (QED) is 0.438. The summed E-state index contributed by atoms with van der Waals surface area (Å²) >= 11 is 2.56. The van der Waals surface area contributed by atoms with Crippen LogP contribution in [0, 0.1) is 0 Å². The third-order valence-corrected chi connectivity index (χ3v) is 5.43. The molecule has 0 aliphatic heterocycles. The fourth-order valence-corrected chi connectivity index (χ4v) is 3.87. The van der Waals surface area contributed by atoms with E-state index in [1.165, 1.54) is 30.2 Å². The van der Waals surface area contributed by atoms with Crippen LogP contribution in [-0.2, 0) is 27.3 Å². The molecule has 0 spiro atoms. The minimum Gasteiger partial charge on any atom is -0.469 e. The number of anilines is 1. The highest BCUT2D eigenvalue weighted by Gasteiger charge is 2.15. The van der Waals surface area contributed by atoms with E-state index in [4.69, 9.17) is 0 Å². The number of thioether (sulfide) groups is 1. The highest BCUT2D eigenvalue weighted by molar-refractivity contribution is 7.99. The van der Waals surface area contributed by atoms with Gasteiger partial charge < -0.3 is 14.6 Å². The van der Waals surface area contributed by atoms with Crippen molar-refractivity contribution in [2.45, 2.75) is 25.0 Å². The second kappa shape index (κ2) is 9.42. The number of thiazole rings is 1. The zero-order chi connectivity index (χ0) is 19.9. The van der Waals surface area contributed by atoms with Crippen molar-refractivity contribution >= 4 is 40.1 Å². The Hall–Kier alpha value is -2.79. The molecule has 0 aliphatic rings. The molecule has 3 heterocycles. The summed E-state index contributed by atoms with van der Waals surface area (Å²) in [6.45, 7) is 2.68. The Labute approximate surface area is 169 Å². The SMILES string of the molecule is CCn1c(SCC(=O)Nc2nc(CC(=O)OC)cs2)nnc1-c1ccncc1. The zero-order valence-corrected chi connectivity index (χ0v) is 16.9. The Morgan fingerprint density at radius 1 is 1.29 bits per heavy atom. The summed E-state index contributed by atoms with van der Waals surface area (Å²) in [5.74, 6) is 0.323. The summed E-state index contributed by atoms with van der Waals surface area (Å²) in [5.41, 5.74) is 1.48. The highest BCUT2D eigenvalue weighted by Crippen LogP contribution is 2.24. The molecule has 0 bridgehead atoms. The lowest BCUT2D eigenvalue weighted by molar-refractivity contribution is -0.139. The molecule has 3 aromatic rings. The van der Waals surface area contributed by atoms with E-state index < -0.39 is 0 Å². The van der Waals surface area contributed by atoms with Gasteiger partial charge in [0.2, 0.25) is 5.91 Å². The van der Waals surface area contributed by atoms with E-state index in [0.29, 0.717) is 22.5 Å². The monoisotopic (exact) mass is 418 g/mol. The molecule has 0 aliphatic carbocycles. The molecular formula is C17H18N6O3S2. The summed E-state index contributed by atoms with van der Waals surface area (Å²) in [6.07, 6.45) is 3.48. The lowest BCUT2D eigenvalue weighted by Gasteiger charge is -2.07. The predicted octanol–water partition coefficient (Wildman–Crippen LogP) is 2.26. The van der Waals surface area contributed by atoms with Crippen LogP contribution in [0.1, 0.15) is 12.6 Å². The molecule has 146 valence electrons. The number of ether oxygens (including phenoxy) is 1. The number of hydrogen-bond donors (Lipinski definition) is 1. The van der Waals surface area contributed by atoms with Crippen molar-refractivity contribution in [3.05, 3.63) is 35.6 Å². The molecule has 0 radical (unpaired) electrons. The predicted molar refractivity (Wildman–Crippen MR) is 106 cm³/mol. The Morgan fingerprint density at radius 2 is 2.07 bits per heavy atom. The summed E-state index contributed by atoms with van der Waals surface area (Å²) in [7, 11) is 1.32. The van der Waals surface area contributed by atoms with E-state index in [2.05, 4.69) is 30.2 Å². The van der Waals surface area contributed by atoms with E-state index in [9.17, 15) is 9.59 Å². The third kappa shape index (κ3) is 4.93. The number of methoxy groups -OCH3 is 1. The number of carbonyl (C=O) groups is 2. The van der Waals surface area contributed by atoms with Gasteiger partial charge in [-0.25, -0.2) is 4.98 Å². The fourth-order valence-electron chi connectivity index (χ4n) is 2.35. The number of amides is 1. The summed E-state index contributed by atoms with van der Waals surface area (Å²) in [5, 5.41) is 14.0. The molecule has 0 saturated heterocycles. The fraction of sp³-hybridized carbons (Fsp3) is 0.294. The van der Waals surface area contributed by atoms with E-state index >= 15 is 0 Å². The average molecular weight is 419 g/mol. The topological polar surface area (TPSA) is 112 Å². The molecule has 0 atom stereocenters. The lowest BCUT2D eigenvalue weighted by Crippen LogP contribution is -2.14. The maximum absolute atomic E-state index is 12.2. The lowest BCUT2D eigenvalue weighted by atomic mass is 10.2. The third-order valence-electron chi connectivity index (χ3n) is 3.66. The van der Waals surface area contributed by atoms with Gasteiger partial charge in [-0.15, -0.1) is 21.5 Å². The molecule has 3 aromatic heterocycles. The van der Waals surface area contributed by atoms with E-state index in [1.54, 1.807) is 17.8 Å². The largest absolute Gasteiger partial charge is 0.469 e. The van der Waals surface area contributed by atoms with Gasteiger partial charge in [0.05, 0.1) is 25.0 Å². The van der Waals surface area contributed by atoms with Gasteiger partial charge in [-0.1, -0.05) is 11.8 Å². The van der Waals surface area contributed by atoms with Crippen molar-refractivity contribution in [2.24, 2.45) is 0 Å². The number of pyridine rings is 1. The summed E-state index contributed by atoms with van der Waals surface area (Å²) < 4.78 is 6.55. The number of carbonyl (C=O) groups excluding carboxylic acids is 2. The van der Waals surface area contributed by atoms with Crippen molar-refractivity contribution in [1.29, 1.82) is 0 Å². The number of aromatic nitrogens is 5. The van der Waals surface area contributed by atoms with Crippen LogP contribution in [0.4, 0.5) is 5.13 Å². The molecular weight excluding hydrogens is 400 g/mol. The van der Waals surface area contributed by atoms with Gasteiger partial charge in [0.1, 0.15) is 0 Å². The van der Waals surface area contributed by atoms with Crippen molar-refractivity contribution < 1.29 is 14.3 Å². The summed E-state index contributed by atoms with van der Waals surface area (Å²) in [4.78, 5) is 31.7. The van der Waals surface area contributed by atoms with Crippen LogP contribution >= 0.6 is 23.1 Å². The molecule has 1 amide bonds. The van der Waals surface area contributed by atoms with Crippen LogP contribution in [0.3, 0.4) is 0 Å². The van der Waals surface area contributed by atoms with Crippen LogP contribution in [0.25, 0.3) is 11.4 Å². The van der Waals surface area contributed by atoms with E-state index in [1.807, 2.05) is 23.6 Å². The zero-order valence-electron chi connectivity index (χ0n) is 15.3. The Bertz CT molecular complexity index is 957. The molecule has 1 N–H and O–H groups in total. The minimum absolute atomic E-state index is 0.0784. The number of nitrogens with zero attached hydrogens (tertiary/aromatic N) is 5.